The number of hydrogen-bond donors (Lipinski definition) is 0. The topological polar surface area (TPSA) is 66.9 Å². The Balaban J connectivity index is 1.54. The second kappa shape index (κ2) is 7.74. The normalized spacial score (nSPS) is 18.4. The quantitative estimate of drug-likeness (QED) is 0.656. The maximum atomic E-state index is 13.1. The van der Waals surface area contributed by atoms with Crippen LogP contribution in [0.4, 0.5) is 10.5 Å². The molecule has 8 heteroatoms. The molecule has 2 aliphatic heterocycles. The summed E-state index contributed by atoms with van der Waals surface area (Å²) >= 11 is 3.41. The molecular formula is C21H23BrN2O4S. The van der Waals surface area contributed by atoms with Crippen molar-refractivity contribution in [1.29, 1.82) is 0 Å². The van der Waals surface area contributed by atoms with E-state index in [9.17, 15) is 13.2 Å². The monoisotopic (exact) mass is 478 g/mol. The molecule has 154 valence electrons. The summed E-state index contributed by atoms with van der Waals surface area (Å²) in [6.07, 6.45) is 0.784. The Morgan fingerprint density at radius 3 is 2.48 bits per heavy atom. The molecule has 0 spiro atoms. The van der Waals surface area contributed by atoms with E-state index >= 15 is 0 Å². The summed E-state index contributed by atoms with van der Waals surface area (Å²) < 4.78 is 33.9. The number of anilines is 1. The van der Waals surface area contributed by atoms with Crippen molar-refractivity contribution < 1.29 is 17.9 Å². The van der Waals surface area contributed by atoms with Crippen LogP contribution >= 0.6 is 15.9 Å². The molecule has 0 radical (unpaired) electrons. The molecule has 1 saturated heterocycles. The first kappa shape index (κ1) is 20.4. The van der Waals surface area contributed by atoms with Crippen molar-refractivity contribution in [3.05, 3.63) is 57.6 Å². The lowest BCUT2D eigenvalue weighted by Gasteiger charge is -2.40. The van der Waals surface area contributed by atoms with Crippen molar-refractivity contribution in [2.24, 2.45) is 0 Å². The second-order valence-electron chi connectivity index (χ2n) is 7.55. The van der Waals surface area contributed by atoms with Crippen LogP contribution in [0.2, 0.25) is 0 Å². The van der Waals surface area contributed by atoms with Gasteiger partial charge in [-0.3, -0.25) is 4.90 Å². The fraction of sp³-hybridized carbons (Fsp3) is 0.381. The van der Waals surface area contributed by atoms with Gasteiger partial charge in [-0.05, 0) is 56.0 Å². The highest BCUT2D eigenvalue weighted by Crippen LogP contribution is 2.35. The second-order valence-corrected chi connectivity index (χ2v) is 10.3. The molecule has 2 aromatic carbocycles. The van der Waals surface area contributed by atoms with Gasteiger partial charge in [0.25, 0.3) is 0 Å². The number of aryl methyl sites for hydroxylation is 2. The summed E-state index contributed by atoms with van der Waals surface area (Å²) in [5.41, 5.74) is 3.81. The van der Waals surface area contributed by atoms with Crippen molar-refractivity contribution in [1.82, 2.24) is 4.31 Å². The van der Waals surface area contributed by atoms with Crippen molar-refractivity contribution in [3.8, 4) is 0 Å². The van der Waals surface area contributed by atoms with Gasteiger partial charge in [-0.15, -0.1) is 0 Å². The molecule has 0 bridgehead atoms. The van der Waals surface area contributed by atoms with Crippen LogP contribution in [0.1, 0.15) is 29.5 Å². The molecule has 1 amide bonds. The highest BCUT2D eigenvalue weighted by Gasteiger charge is 2.37. The van der Waals surface area contributed by atoms with Crippen molar-refractivity contribution in [3.63, 3.8) is 0 Å². The highest BCUT2D eigenvalue weighted by atomic mass is 79.9. The molecule has 0 saturated carbocycles. The number of cyclic esters (lactones) is 1. The largest absolute Gasteiger partial charge is 0.444 e. The summed E-state index contributed by atoms with van der Waals surface area (Å²) in [6, 6.07) is 10.9. The molecule has 0 N–H and O–H groups in total. The third kappa shape index (κ3) is 3.69. The van der Waals surface area contributed by atoms with Gasteiger partial charge in [0.15, 0.2) is 0 Å². The van der Waals surface area contributed by atoms with E-state index in [1.165, 1.54) is 4.31 Å². The van der Waals surface area contributed by atoms with Gasteiger partial charge in [0.2, 0.25) is 10.0 Å². The number of nitrogens with zero attached hydrogens (tertiary/aromatic N) is 2. The molecule has 0 aliphatic carbocycles. The van der Waals surface area contributed by atoms with Gasteiger partial charge in [0.1, 0.15) is 6.61 Å². The average Bonchev–Trinajstić information content (AvgIpc) is 2.70. The number of hydrogen-bond acceptors (Lipinski definition) is 4. The molecular weight excluding hydrogens is 456 g/mol. The number of sulfonamides is 1. The van der Waals surface area contributed by atoms with Crippen LogP contribution in [0.5, 0.6) is 0 Å². The summed E-state index contributed by atoms with van der Waals surface area (Å²) in [7, 11) is -3.56. The fourth-order valence-corrected chi connectivity index (χ4v) is 5.88. The molecule has 1 fully saturated rings. The van der Waals surface area contributed by atoms with Gasteiger partial charge in [-0.1, -0.05) is 34.1 Å². The minimum Gasteiger partial charge on any atom is -0.444 e. The average molecular weight is 479 g/mol. The minimum absolute atomic E-state index is 0.0826. The van der Waals surface area contributed by atoms with E-state index in [1.807, 2.05) is 32.0 Å². The zero-order chi connectivity index (χ0) is 20.8. The first-order chi connectivity index (χ1) is 13.8. The van der Waals surface area contributed by atoms with Gasteiger partial charge >= 0.3 is 6.09 Å². The van der Waals surface area contributed by atoms with Crippen LogP contribution in [0.3, 0.4) is 0 Å². The van der Waals surface area contributed by atoms with E-state index in [0.29, 0.717) is 30.8 Å². The fourth-order valence-electron chi connectivity index (χ4n) is 4.08. The van der Waals surface area contributed by atoms with Crippen LogP contribution < -0.4 is 4.90 Å². The summed E-state index contributed by atoms with van der Waals surface area (Å²) in [6.45, 7) is 4.87. The first-order valence-corrected chi connectivity index (χ1v) is 11.8. The maximum absolute atomic E-state index is 13.1. The zero-order valence-electron chi connectivity index (χ0n) is 16.4. The standard InChI is InChI=1S/C21H23BrN2O4S/c1-14-4-3-5-16-13-28-21(25)24(20(14)16)17-8-10-23(11-9-17)29(26,27)18-6-7-19(22)15(2)12-18/h3-7,12,17H,8-11,13H2,1-2H3. The summed E-state index contributed by atoms with van der Waals surface area (Å²) in [5, 5.41) is 0. The van der Waals surface area contributed by atoms with Gasteiger partial charge in [-0.2, -0.15) is 4.31 Å². The zero-order valence-corrected chi connectivity index (χ0v) is 18.8. The molecule has 0 unspecified atom stereocenters. The number of rotatable bonds is 3. The van der Waals surface area contributed by atoms with E-state index in [1.54, 1.807) is 23.1 Å². The number of carbonyl (C=O) groups excluding carboxylic acids is 1. The predicted molar refractivity (Wildman–Crippen MR) is 115 cm³/mol. The third-order valence-corrected chi connectivity index (χ3v) is 8.45. The lowest BCUT2D eigenvalue weighted by Crippen LogP contribution is -2.50. The van der Waals surface area contributed by atoms with Gasteiger partial charge in [-0.25, -0.2) is 13.2 Å². The Morgan fingerprint density at radius 1 is 1.07 bits per heavy atom. The van der Waals surface area contributed by atoms with E-state index in [2.05, 4.69) is 15.9 Å². The Bertz CT molecular complexity index is 1060. The first-order valence-electron chi connectivity index (χ1n) is 9.60. The van der Waals surface area contributed by atoms with Crippen LogP contribution in [0, 0.1) is 13.8 Å². The van der Waals surface area contributed by atoms with E-state index in [-0.39, 0.29) is 18.7 Å². The molecule has 0 aromatic heterocycles. The molecule has 2 aromatic rings. The van der Waals surface area contributed by atoms with Crippen LogP contribution in [0.15, 0.2) is 45.8 Å². The Labute approximate surface area is 179 Å². The van der Waals surface area contributed by atoms with Gasteiger partial charge in [0, 0.05) is 29.2 Å². The predicted octanol–water partition coefficient (Wildman–Crippen LogP) is 4.38. The third-order valence-electron chi connectivity index (χ3n) is 5.67. The Kier molecular flexibility index (Phi) is 5.44. The number of piperidine rings is 1. The maximum Gasteiger partial charge on any atom is 0.414 e. The smallest absolute Gasteiger partial charge is 0.414 e. The minimum atomic E-state index is -3.56. The molecule has 2 heterocycles. The van der Waals surface area contributed by atoms with Crippen LogP contribution in [-0.4, -0.2) is 37.9 Å². The number of amides is 1. The van der Waals surface area contributed by atoms with E-state index in [4.69, 9.17) is 4.74 Å². The Morgan fingerprint density at radius 2 is 1.79 bits per heavy atom. The SMILES string of the molecule is Cc1cc(S(=O)(=O)N2CCC(N3C(=O)OCc4cccc(C)c43)CC2)ccc1Br. The molecule has 4 rings (SSSR count). The summed E-state index contributed by atoms with van der Waals surface area (Å²) in [4.78, 5) is 14.6. The molecule has 0 atom stereocenters. The number of fused-ring (bicyclic) bond motifs is 1. The number of halogens is 1. The number of para-hydroxylation sites is 1. The highest BCUT2D eigenvalue weighted by molar-refractivity contribution is 9.10. The molecule has 2 aliphatic rings. The van der Waals surface area contributed by atoms with Gasteiger partial charge < -0.3 is 4.74 Å². The summed E-state index contributed by atoms with van der Waals surface area (Å²) in [5.74, 6) is 0. The van der Waals surface area contributed by atoms with Crippen LogP contribution in [0.25, 0.3) is 0 Å². The molecule has 29 heavy (non-hydrogen) atoms. The number of benzene rings is 2. The number of carbonyl (C=O) groups is 1. The lowest BCUT2D eigenvalue weighted by molar-refractivity contribution is 0.135. The van der Waals surface area contributed by atoms with Crippen LogP contribution in [-0.2, 0) is 21.4 Å². The van der Waals surface area contributed by atoms with E-state index in [0.717, 1.165) is 26.9 Å². The lowest BCUT2D eigenvalue weighted by atomic mass is 10.00. The van der Waals surface area contributed by atoms with E-state index < -0.39 is 10.0 Å². The van der Waals surface area contributed by atoms with Crippen molar-refractivity contribution in [2.45, 2.75) is 44.2 Å². The number of ether oxygens (including phenoxy) is 1. The van der Waals surface area contributed by atoms with Gasteiger partial charge in [0.05, 0.1) is 10.6 Å². The van der Waals surface area contributed by atoms with Crippen molar-refractivity contribution >= 4 is 37.7 Å². The Hall–Kier alpha value is -1.90. The molecule has 6 nitrogen and oxygen atoms in total. The van der Waals surface area contributed by atoms with Crippen molar-refractivity contribution in [2.75, 3.05) is 18.0 Å².